The molecule has 286 valence electrons. The van der Waals surface area contributed by atoms with Gasteiger partial charge in [-0.15, -0.1) is 0 Å². The average molecular weight is 745 g/mol. The maximum absolute atomic E-state index is 14.1. The minimum Gasteiger partial charge on any atom is -0.497 e. The minimum atomic E-state index is -0.962. The molecule has 2 heterocycles. The van der Waals surface area contributed by atoms with Gasteiger partial charge in [0, 0.05) is 42.5 Å². The molecule has 0 saturated carbocycles. The molecular weight excluding hydrogens is 697 g/mol. The van der Waals surface area contributed by atoms with Gasteiger partial charge in [-0.25, -0.2) is 4.98 Å². The van der Waals surface area contributed by atoms with Crippen molar-refractivity contribution >= 4 is 23.6 Å². The lowest BCUT2D eigenvalue weighted by atomic mass is 9.84. The minimum absolute atomic E-state index is 0.167. The fourth-order valence-electron chi connectivity index (χ4n) is 6.19. The number of methoxy groups -OCH3 is 1. The molecule has 5 aromatic rings. The molecule has 1 fully saturated rings. The Kier molecular flexibility index (Phi) is 14.3. The van der Waals surface area contributed by atoms with Gasteiger partial charge in [-0.1, -0.05) is 92.2 Å². The molecule has 4 aromatic carbocycles. The van der Waals surface area contributed by atoms with Gasteiger partial charge in [0.2, 0.25) is 17.7 Å². The zero-order chi connectivity index (χ0) is 39.0. The van der Waals surface area contributed by atoms with Gasteiger partial charge in [0.1, 0.15) is 23.4 Å². The fraction of sp³-hybridized carbons (Fsp3) is 0.279. The normalized spacial score (nSPS) is 13.9. The van der Waals surface area contributed by atoms with Crippen molar-refractivity contribution in [2.45, 2.75) is 50.3 Å². The summed E-state index contributed by atoms with van der Waals surface area (Å²) in [5.41, 5.74) is 7.90. The molecule has 5 N–H and O–H groups in total. The summed E-state index contributed by atoms with van der Waals surface area (Å²) in [4.78, 5) is 60.4. The van der Waals surface area contributed by atoms with Gasteiger partial charge < -0.3 is 35.7 Å². The molecule has 12 nitrogen and oxygen atoms in total. The molecule has 12 heteroatoms. The quantitative estimate of drug-likeness (QED) is 0.105. The highest BCUT2D eigenvalue weighted by atomic mass is 16.5. The van der Waals surface area contributed by atoms with Gasteiger partial charge in [0.15, 0.2) is 0 Å². The van der Waals surface area contributed by atoms with Crippen LogP contribution in [0, 0.1) is 0 Å². The number of hydrogen-bond donors (Lipinski definition) is 4. The highest BCUT2D eigenvalue weighted by Crippen LogP contribution is 2.36. The van der Waals surface area contributed by atoms with E-state index in [0.29, 0.717) is 42.3 Å². The number of likely N-dealkylation sites (tertiary alicyclic amines) is 1. The van der Waals surface area contributed by atoms with Crippen LogP contribution in [0.4, 0.5) is 0 Å². The van der Waals surface area contributed by atoms with Crippen LogP contribution in [0.1, 0.15) is 57.3 Å². The number of unbranched alkanes of at least 4 members (excludes halogenated alkanes) is 1. The zero-order valence-corrected chi connectivity index (χ0v) is 31.2. The van der Waals surface area contributed by atoms with E-state index in [1.54, 1.807) is 66.7 Å². The summed E-state index contributed by atoms with van der Waals surface area (Å²) in [5.74, 6) is -0.767. The van der Waals surface area contributed by atoms with Crippen LogP contribution < -0.4 is 21.1 Å². The van der Waals surface area contributed by atoms with Crippen molar-refractivity contribution in [2.24, 2.45) is 5.73 Å². The molecule has 0 aliphatic carbocycles. The van der Waals surface area contributed by atoms with Gasteiger partial charge in [0.05, 0.1) is 26.5 Å². The maximum Gasteiger partial charge on any atom is 0.251 e. The Morgan fingerprint density at radius 2 is 1.44 bits per heavy atom. The van der Waals surface area contributed by atoms with Crippen LogP contribution in [-0.4, -0.2) is 77.4 Å². The Balaban J connectivity index is 0.000000566. The second-order valence-corrected chi connectivity index (χ2v) is 13.3. The largest absolute Gasteiger partial charge is 0.497 e. The van der Waals surface area contributed by atoms with E-state index in [2.05, 4.69) is 27.5 Å². The third kappa shape index (κ3) is 11.1. The van der Waals surface area contributed by atoms with E-state index in [1.807, 2.05) is 66.7 Å². The number of nitrogens with two attached hydrogens (primary N) is 1. The van der Waals surface area contributed by atoms with Gasteiger partial charge in [-0.2, -0.15) is 0 Å². The number of aromatic nitrogens is 2. The SMILES string of the molecule is CCCCOC1(c2ccccc2)CN(C(=O)[C@H](Cc2ccc(OC)cc2)NC(=O)[C@H](Cc2cnc[nH]2)NC(=O)c2ccccc2)C1.NC(=O)c1ccccc1. The van der Waals surface area contributed by atoms with Crippen LogP contribution in [-0.2, 0) is 32.8 Å². The lowest BCUT2D eigenvalue weighted by molar-refractivity contribution is -0.175. The van der Waals surface area contributed by atoms with Crippen molar-refractivity contribution in [1.29, 1.82) is 0 Å². The monoisotopic (exact) mass is 744 g/mol. The van der Waals surface area contributed by atoms with E-state index in [-0.39, 0.29) is 24.7 Å². The number of carbonyl (C=O) groups is 4. The summed E-state index contributed by atoms with van der Waals surface area (Å²) in [6, 6.07) is 33.0. The van der Waals surface area contributed by atoms with E-state index in [4.69, 9.17) is 15.2 Å². The summed E-state index contributed by atoms with van der Waals surface area (Å²) >= 11 is 0. The number of ether oxygens (including phenoxy) is 2. The number of nitrogens with zero attached hydrogens (tertiary/aromatic N) is 2. The van der Waals surface area contributed by atoms with Crippen LogP contribution >= 0.6 is 0 Å². The maximum atomic E-state index is 14.1. The number of aromatic amines is 1. The first-order chi connectivity index (χ1) is 26.7. The molecule has 0 radical (unpaired) electrons. The highest BCUT2D eigenvalue weighted by molar-refractivity contribution is 5.98. The summed E-state index contributed by atoms with van der Waals surface area (Å²) in [6.07, 6.45) is 5.47. The number of rotatable bonds is 16. The molecule has 0 spiro atoms. The van der Waals surface area contributed by atoms with Gasteiger partial charge in [0.25, 0.3) is 5.91 Å². The van der Waals surface area contributed by atoms with Crippen molar-refractivity contribution in [3.8, 4) is 5.75 Å². The number of hydrogen-bond acceptors (Lipinski definition) is 7. The first-order valence-corrected chi connectivity index (χ1v) is 18.3. The lowest BCUT2D eigenvalue weighted by Crippen LogP contribution is -2.66. The highest BCUT2D eigenvalue weighted by Gasteiger charge is 2.49. The summed E-state index contributed by atoms with van der Waals surface area (Å²) in [6.45, 7) is 3.45. The average Bonchev–Trinajstić information content (AvgIpc) is 3.73. The number of amides is 4. The molecule has 0 unspecified atom stereocenters. The summed E-state index contributed by atoms with van der Waals surface area (Å²) in [7, 11) is 1.59. The van der Waals surface area contributed by atoms with E-state index in [0.717, 1.165) is 24.0 Å². The smallest absolute Gasteiger partial charge is 0.251 e. The fourth-order valence-corrected chi connectivity index (χ4v) is 6.19. The molecular formula is C43H48N6O6. The number of benzene rings is 4. The van der Waals surface area contributed by atoms with Crippen LogP contribution in [0.5, 0.6) is 5.75 Å². The zero-order valence-electron chi connectivity index (χ0n) is 31.2. The number of primary amides is 1. The van der Waals surface area contributed by atoms with Crippen molar-refractivity contribution in [1.82, 2.24) is 25.5 Å². The molecule has 6 rings (SSSR count). The number of H-pyrrole nitrogens is 1. The lowest BCUT2D eigenvalue weighted by Gasteiger charge is -2.51. The third-order valence-corrected chi connectivity index (χ3v) is 9.29. The Morgan fingerprint density at radius 3 is 1.98 bits per heavy atom. The van der Waals surface area contributed by atoms with Crippen molar-refractivity contribution in [2.75, 3.05) is 26.8 Å². The molecule has 2 atom stereocenters. The van der Waals surface area contributed by atoms with Crippen LogP contribution in [0.3, 0.4) is 0 Å². The van der Waals surface area contributed by atoms with Crippen LogP contribution in [0.2, 0.25) is 0 Å². The topological polar surface area (TPSA) is 169 Å². The molecule has 0 bridgehead atoms. The molecule has 1 aliphatic rings. The predicted molar refractivity (Wildman–Crippen MR) is 209 cm³/mol. The molecule has 1 aromatic heterocycles. The Labute approximate surface area is 321 Å². The summed E-state index contributed by atoms with van der Waals surface area (Å²) in [5, 5.41) is 5.84. The van der Waals surface area contributed by atoms with Gasteiger partial charge in [-0.05, 0) is 53.9 Å². The Morgan fingerprint density at radius 1 is 0.818 bits per heavy atom. The Hall–Kier alpha value is -6.27. The molecule has 55 heavy (non-hydrogen) atoms. The van der Waals surface area contributed by atoms with Crippen molar-refractivity contribution in [3.63, 3.8) is 0 Å². The van der Waals surface area contributed by atoms with E-state index < -0.39 is 29.5 Å². The first-order valence-electron chi connectivity index (χ1n) is 18.3. The second-order valence-electron chi connectivity index (χ2n) is 13.3. The predicted octanol–water partition coefficient (Wildman–Crippen LogP) is 4.83. The second kappa shape index (κ2) is 19.7. The number of carbonyl (C=O) groups excluding carboxylic acids is 4. The van der Waals surface area contributed by atoms with Gasteiger partial charge >= 0.3 is 0 Å². The summed E-state index contributed by atoms with van der Waals surface area (Å²) < 4.78 is 11.7. The van der Waals surface area contributed by atoms with E-state index in [9.17, 15) is 19.2 Å². The molecule has 1 aliphatic heterocycles. The van der Waals surface area contributed by atoms with E-state index >= 15 is 0 Å². The third-order valence-electron chi connectivity index (χ3n) is 9.29. The first kappa shape index (κ1) is 39.9. The number of imidazole rings is 1. The number of nitrogens with one attached hydrogen (secondary N) is 3. The van der Waals surface area contributed by atoms with Crippen LogP contribution in [0.15, 0.2) is 128 Å². The molecule has 1 saturated heterocycles. The van der Waals surface area contributed by atoms with Crippen molar-refractivity contribution < 1.29 is 28.7 Å². The Bertz CT molecular complexity index is 1950. The standard InChI is InChI=1S/C36H41N5O5.C7H7NO/c1-3-4-19-46-36(28-13-9-6-10-14-28)23-41(24-36)35(44)32(20-26-15-17-30(45-2)18-16-26)40-34(43)31(21-29-22-37-25-38-29)39-33(42)27-11-7-5-8-12-27;8-7(9)6-4-2-1-3-5-6/h5-18,22,25,31-32H,3-4,19-21,23-24H2,1-2H3,(H,37,38)(H,39,42)(H,40,43);1-5H,(H2,8,9)/t31-,32-;/m0./s1. The van der Waals surface area contributed by atoms with Gasteiger partial charge in [-0.3, -0.25) is 19.2 Å². The van der Waals surface area contributed by atoms with Crippen LogP contribution in [0.25, 0.3) is 0 Å². The van der Waals surface area contributed by atoms with E-state index in [1.165, 1.54) is 6.33 Å². The molecule has 4 amide bonds. The van der Waals surface area contributed by atoms with Crippen molar-refractivity contribution in [3.05, 3.63) is 156 Å².